The minimum absolute atomic E-state index is 0.193. The highest BCUT2D eigenvalue weighted by molar-refractivity contribution is 7.99. The molecule has 2 aliphatic rings. The van der Waals surface area contributed by atoms with E-state index in [2.05, 4.69) is 17.1 Å². The quantitative estimate of drug-likeness (QED) is 0.715. The van der Waals surface area contributed by atoms with Crippen molar-refractivity contribution in [1.29, 1.82) is 0 Å². The van der Waals surface area contributed by atoms with E-state index in [1.165, 1.54) is 24.6 Å². The molecule has 0 unspecified atom stereocenters. The number of hydrogen-bond donors (Lipinski definition) is 0. The lowest BCUT2D eigenvalue weighted by Gasteiger charge is -2.20. The van der Waals surface area contributed by atoms with Gasteiger partial charge in [-0.05, 0) is 38.0 Å². The SMILES string of the molecule is CCn1c(SCC(=O)N2CCCCCC2)nnc1-c1ccc2c(c1)OCCO2. The summed E-state index contributed by atoms with van der Waals surface area (Å²) in [7, 11) is 0. The molecule has 0 radical (unpaired) electrons. The Morgan fingerprint density at radius 1 is 1.07 bits per heavy atom. The van der Waals surface area contributed by atoms with Crippen LogP contribution in [0.2, 0.25) is 0 Å². The summed E-state index contributed by atoms with van der Waals surface area (Å²) in [6, 6.07) is 5.83. The Morgan fingerprint density at radius 3 is 2.57 bits per heavy atom. The summed E-state index contributed by atoms with van der Waals surface area (Å²) in [5, 5.41) is 9.50. The first kappa shape index (κ1) is 19.1. The fourth-order valence-electron chi connectivity index (χ4n) is 3.61. The van der Waals surface area contributed by atoms with Crippen LogP contribution in [0.1, 0.15) is 32.6 Å². The third kappa shape index (κ3) is 4.11. The van der Waals surface area contributed by atoms with Crippen LogP contribution < -0.4 is 9.47 Å². The topological polar surface area (TPSA) is 69.5 Å². The van der Waals surface area contributed by atoms with Crippen molar-refractivity contribution in [2.45, 2.75) is 44.3 Å². The maximum atomic E-state index is 12.6. The molecular weight excluding hydrogens is 376 g/mol. The van der Waals surface area contributed by atoms with Gasteiger partial charge in [-0.15, -0.1) is 10.2 Å². The van der Waals surface area contributed by atoms with Gasteiger partial charge in [0.1, 0.15) is 13.2 Å². The highest BCUT2D eigenvalue weighted by Crippen LogP contribution is 2.34. The molecular formula is C20H26N4O3S. The van der Waals surface area contributed by atoms with Crippen LogP contribution in [0.15, 0.2) is 23.4 Å². The minimum atomic E-state index is 0.193. The normalized spacial score (nSPS) is 16.7. The van der Waals surface area contributed by atoms with E-state index >= 15 is 0 Å². The molecule has 28 heavy (non-hydrogen) atoms. The molecule has 4 rings (SSSR count). The highest BCUT2D eigenvalue weighted by Gasteiger charge is 2.20. The Labute approximate surface area is 169 Å². The predicted molar refractivity (Wildman–Crippen MR) is 108 cm³/mol. The van der Waals surface area contributed by atoms with Crippen molar-refractivity contribution in [3.8, 4) is 22.9 Å². The molecule has 1 amide bonds. The summed E-state index contributed by atoms with van der Waals surface area (Å²) >= 11 is 1.47. The second-order valence-corrected chi connectivity index (χ2v) is 7.94. The van der Waals surface area contributed by atoms with Gasteiger partial charge in [0.05, 0.1) is 5.75 Å². The molecule has 1 aromatic heterocycles. The molecule has 0 N–H and O–H groups in total. The molecule has 1 fully saturated rings. The maximum absolute atomic E-state index is 12.6. The molecule has 1 aromatic carbocycles. The fraction of sp³-hybridized carbons (Fsp3) is 0.550. The molecule has 2 aliphatic heterocycles. The van der Waals surface area contributed by atoms with E-state index in [4.69, 9.17) is 9.47 Å². The number of benzene rings is 1. The summed E-state index contributed by atoms with van der Waals surface area (Å²) in [5.41, 5.74) is 0.935. The number of rotatable bonds is 5. The van der Waals surface area contributed by atoms with Gasteiger partial charge >= 0.3 is 0 Å². The first-order valence-electron chi connectivity index (χ1n) is 10.00. The zero-order valence-corrected chi connectivity index (χ0v) is 17.0. The molecule has 3 heterocycles. The second kappa shape index (κ2) is 8.86. The van der Waals surface area contributed by atoms with Crippen molar-refractivity contribution < 1.29 is 14.3 Å². The van der Waals surface area contributed by atoms with Crippen LogP contribution in [0.25, 0.3) is 11.4 Å². The first-order chi connectivity index (χ1) is 13.8. The van der Waals surface area contributed by atoms with Crippen molar-refractivity contribution in [1.82, 2.24) is 19.7 Å². The van der Waals surface area contributed by atoms with E-state index in [-0.39, 0.29) is 5.91 Å². The zero-order chi connectivity index (χ0) is 19.3. The van der Waals surface area contributed by atoms with Gasteiger partial charge in [0.2, 0.25) is 5.91 Å². The standard InChI is InChI=1S/C20H26N4O3S/c1-2-24-19(15-7-8-16-17(13-15)27-12-11-26-16)21-22-20(24)28-14-18(25)23-9-5-3-4-6-10-23/h7-8,13H,2-6,9-12,14H2,1H3. The number of carbonyl (C=O) groups is 1. The first-order valence-corrected chi connectivity index (χ1v) is 11.0. The number of nitrogens with zero attached hydrogens (tertiary/aromatic N) is 4. The van der Waals surface area contributed by atoms with Crippen molar-refractivity contribution in [2.75, 3.05) is 32.1 Å². The van der Waals surface area contributed by atoms with E-state index in [0.29, 0.717) is 19.0 Å². The predicted octanol–water partition coefficient (Wildman–Crippen LogP) is 3.23. The Morgan fingerprint density at radius 2 is 1.82 bits per heavy atom. The van der Waals surface area contributed by atoms with Crippen LogP contribution >= 0.6 is 11.8 Å². The molecule has 0 bridgehead atoms. The molecule has 0 spiro atoms. The average molecular weight is 403 g/mol. The lowest BCUT2D eigenvalue weighted by Crippen LogP contribution is -2.33. The lowest BCUT2D eigenvalue weighted by atomic mass is 10.2. The number of likely N-dealkylation sites (tertiary alicyclic amines) is 1. The van der Waals surface area contributed by atoms with Gasteiger partial charge in [-0.3, -0.25) is 4.79 Å². The van der Waals surface area contributed by atoms with Gasteiger partial charge in [-0.2, -0.15) is 0 Å². The van der Waals surface area contributed by atoms with Crippen LogP contribution in [0.3, 0.4) is 0 Å². The molecule has 2 aromatic rings. The van der Waals surface area contributed by atoms with Crippen LogP contribution in [0.5, 0.6) is 11.5 Å². The van der Waals surface area contributed by atoms with Crippen LogP contribution in [-0.4, -0.2) is 57.6 Å². The lowest BCUT2D eigenvalue weighted by molar-refractivity contribution is -0.128. The number of aromatic nitrogens is 3. The number of amides is 1. The maximum Gasteiger partial charge on any atom is 0.233 e. The largest absolute Gasteiger partial charge is 0.486 e. The molecule has 1 saturated heterocycles. The van der Waals surface area contributed by atoms with Gasteiger partial charge in [-0.25, -0.2) is 0 Å². The third-order valence-electron chi connectivity index (χ3n) is 5.12. The summed E-state index contributed by atoms with van der Waals surface area (Å²) in [4.78, 5) is 14.6. The van der Waals surface area contributed by atoms with E-state index < -0.39 is 0 Å². The summed E-state index contributed by atoms with van der Waals surface area (Å²) < 4.78 is 13.3. The minimum Gasteiger partial charge on any atom is -0.486 e. The molecule has 0 atom stereocenters. The number of ether oxygens (including phenoxy) is 2. The molecule has 8 heteroatoms. The van der Waals surface area contributed by atoms with Crippen LogP contribution in [0.4, 0.5) is 0 Å². The Hall–Kier alpha value is -2.22. The summed E-state index contributed by atoms with van der Waals surface area (Å²) in [6.07, 6.45) is 4.66. The number of carbonyl (C=O) groups excluding carboxylic acids is 1. The number of hydrogen-bond acceptors (Lipinski definition) is 6. The third-order valence-corrected chi connectivity index (χ3v) is 6.07. The van der Waals surface area contributed by atoms with Gasteiger partial charge in [-0.1, -0.05) is 24.6 Å². The monoisotopic (exact) mass is 402 g/mol. The smallest absolute Gasteiger partial charge is 0.233 e. The Bertz CT molecular complexity index is 831. The molecule has 0 saturated carbocycles. The molecule has 150 valence electrons. The van der Waals surface area contributed by atoms with Gasteiger partial charge in [0.25, 0.3) is 0 Å². The van der Waals surface area contributed by atoms with Crippen LogP contribution in [0, 0.1) is 0 Å². The van der Waals surface area contributed by atoms with Crippen molar-refractivity contribution in [2.24, 2.45) is 0 Å². The van der Waals surface area contributed by atoms with Crippen molar-refractivity contribution in [3.05, 3.63) is 18.2 Å². The summed E-state index contributed by atoms with van der Waals surface area (Å²) in [5.74, 6) is 2.87. The fourth-order valence-corrected chi connectivity index (χ4v) is 4.52. The Kier molecular flexibility index (Phi) is 6.04. The second-order valence-electron chi connectivity index (χ2n) is 6.99. The Balaban J connectivity index is 1.47. The summed E-state index contributed by atoms with van der Waals surface area (Å²) in [6.45, 7) is 5.67. The van der Waals surface area contributed by atoms with Gasteiger partial charge in [0.15, 0.2) is 22.5 Å². The zero-order valence-electron chi connectivity index (χ0n) is 16.2. The van der Waals surface area contributed by atoms with E-state index in [0.717, 1.165) is 60.5 Å². The molecule has 7 nitrogen and oxygen atoms in total. The van der Waals surface area contributed by atoms with E-state index in [9.17, 15) is 4.79 Å². The average Bonchev–Trinajstić information content (AvgIpc) is 2.94. The highest BCUT2D eigenvalue weighted by atomic mass is 32.2. The van der Waals surface area contributed by atoms with Gasteiger partial charge in [0, 0.05) is 25.2 Å². The van der Waals surface area contributed by atoms with E-state index in [1.807, 2.05) is 27.7 Å². The number of fused-ring (bicyclic) bond motifs is 1. The van der Waals surface area contributed by atoms with E-state index in [1.54, 1.807) is 0 Å². The van der Waals surface area contributed by atoms with Gasteiger partial charge < -0.3 is 18.9 Å². The number of thioether (sulfide) groups is 1. The van der Waals surface area contributed by atoms with Crippen LogP contribution in [-0.2, 0) is 11.3 Å². The molecule has 0 aliphatic carbocycles. The van der Waals surface area contributed by atoms with Crippen molar-refractivity contribution >= 4 is 17.7 Å². The van der Waals surface area contributed by atoms with Crippen molar-refractivity contribution in [3.63, 3.8) is 0 Å².